The van der Waals surface area contributed by atoms with Crippen molar-refractivity contribution in [1.29, 1.82) is 0 Å². The van der Waals surface area contributed by atoms with Crippen molar-refractivity contribution in [3.8, 4) is 11.1 Å². The fourth-order valence-electron chi connectivity index (χ4n) is 2.56. The zero-order valence-electron chi connectivity index (χ0n) is 13.9. The number of carbonyl (C=O) groups is 2. The third-order valence-electron chi connectivity index (χ3n) is 3.84. The van der Waals surface area contributed by atoms with E-state index in [0.717, 1.165) is 29.2 Å². The standard InChI is InChI=1S/C17H20N4O3S/c1-18-17(23)20-19-15(22)14-11-13(12-5-3-2-4-6-12)16(25-14)21-7-9-24-10-8-21/h2-6,11H,7-10H2,1H3,(H,19,22)(H2,18,20,23). The van der Waals surface area contributed by atoms with E-state index in [2.05, 4.69) is 21.1 Å². The predicted octanol–water partition coefficient (Wildman–Crippen LogP) is 1.83. The zero-order chi connectivity index (χ0) is 17.6. The number of nitrogens with zero attached hydrogens (tertiary/aromatic N) is 1. The summed E-state index contributed by atoms with van der Waals surface area (Å²) in [7, 11) is 1.48. The van der Waals surface area contributed by atoms with Crippen molar-refractivity contribution in [1.82, 2.24) is 16.2 Å². The van der Waals surface area contributed by atoms with Crippen LogP contribution in [0.4, 0.5) is 9.80 Å². The molecule has 132 valence electrons. The van der Waals surface area contributed by atoms with Crippen molar-refractivity contribution >= 4 is 28.3 Å². The molecule has 0 spiro atoms. The highest BCUT2D eigenvalue weighted by atomic mass is 32.1. The number of carbonyl (C=O) groups excluding carboxylic acids is 2. The van der Waals surface area contributed by atoms with Gasteiger partial charge in [-0.2, -0.15) is 0 Å². The van der Waals surface area contributed by atoms with Crippen LogP contribution in [0.3, 0.4) is 0 Å². The molecule has 25 heavy (non-hydrogen) atoms. The van der Waals surface area contributed by atoms with Crippen molar-refractivity contribution < 1.29 is 14.3 Å². The largest absolute Gasteiger partial charge is 0.378 e. The lowest BCUT2D eigenvalue weighted by Crippen LogP contribution is -2.45. The Morgan fingerprint density at radius 3 is 2.52 bits per heavy atom. The van der Waals surface area contributed by atoms with E-state index < -0.39 is 6.03 Å². The number of hydrazine groups is 1. The number of urea groups is 1. The van der Waals surface area contributed by atoms with Crippen molar-refractivity contribution in [3.63, 3.8) is 0 Å². The van der Waals surface area contributed by atoms with Crippen LogP contribution in [0.15, 0.2) is 36.4 Å². The van der Waals surface area contributed by atoms with Crippen molar-refractivity contribution in [3.05, 3.63) is 41.3 Å². The third-order valence-corrected chi connectivity index (χ3v) is 5.03. The first-order valence-electron chi connectivity index (χ1n) is 7.99. The molecule has 3 N–H and O–H groups in total. The fourth-order valence-corrected chi connectivity index (χ4v) is 3.68. The molecule has 1 aromatic carbocycles. The molecule has 1 aliphatic rings. The van der Waals surface area contributed by atoms with Gasteiger partial charge >= 0.3 is 6.03 Å². The summed E-state index contributed by atoms with van der Waals surface area (Å²) in [5, 5.41) is 3.42. The summed E-state index contributed by atoms with van der Waals surface area (Å²) in [4.78, 5) is 26.4. The first-order chi connectivity index (χ1) is 12.2. The van der Waals surface area contributed by atoms with Crippen molar-refractivity contribution in [2.24, 2.45) is 0 Å². The van der Waals surface area contributed by atoms with Gasteiger partial charge in [0.1, 0.15) is 0 Å². The quantitative estimate of drug-likeness (QED) is 0.729. The van der Waals surface area contributed by atoms with Crippen LogP contribution in [-0.2, 0) is 4.74 Å². The third kappa shape index (κ3) is 4.09. The van der Waals surface area contributed by atoms with Gasteiger partial charge in [0.05, 0.1) is 23.1 Å². The molecule has 8 heteroatoms. The average molecular weight is 360 g/mol. The molecular weight excluding hydrogens is 340 g/mol. The Balaban J connectivity index is 1.88. The second kappa shape index (κ2) is 8.00. The maximum absolute atomic E-state index is 12.4. The lowest BCUT2D eigenvalue weighted by atomic mass is 10.1. The molecule has 0 radical (unpaired) electrons. The Hall–Kier alpha value is -2.58. The Morgan fingerprint density at radius 2 is 1.84 bits per heavy atom. The highest BCUT2D eigenvalue weighted by Gasteiger charge is 2.22. The number of rotatable bonds is 3. The van der Waals surface area contributed by atoms with Crippen molar-refractivity contribution in [2.45, 2.75) is 0 Å². The Bertz CT molecular complexity index is 742. The predicted molar refractivity (Wildman–Crippen MR) is 97.8 cm³/mol. The molecule has 1 fully saturated rings. The molecule has 0 saturated carbocycles. The molecule has 0 unspecified atom stereocenters. The van der Waals surface area contributed by atoms with Gasteiger partial charge in [-0.3, -0.25) is 10.2 Å². The molecule has 3 rings (SSSR count). The number of morpholine rings is 1. The van der Waals surface area contributed by atoms with Crippen LogP contribution in [0.25, 0.3) is 11.1 Å². The first-order valence-corrected chi connectivity index (χ1v) is 8.80. The lowest BCUT2D eigenvalue weighted by molar-refractivity contribution is 0.0940. The van der Waals surface area contributed by atoms with Crippen LogP contribution in [0.5, 0.6) is 0 Å². The number of nitrogens with one attached hydrogen (secondary N) is 3. The summed E-state index contributed by atoms with van der Waals surface area (Å²) in [6.07, 6.45) is 0. The highest BCUT2D eigenvalue weighted by molar-refractivity contribution is 7.18. The number of anilines is 1. The molecule has 3 amide bonds. The summed E-state index contributed by atoms with van der Waals surface area (Å²) in [6.45, 7) is 2.92. The van der Waals surface area contributed by atoms with Gasteiger partial charge in [-0.1, -0.05) is 30.3 Å². The molecule has 1 aromatic heterocycles. The van der Waals surface area contributed by atoms with Crippen LogP contribution in [0.2, 0.25) is 0 Å². The molecule has 0 aliphatic carbocycles. The first kappa shape index (κ1) is 17.2. The van der Waals surface area contributed by atoms with Crippen LogP contribution in [0.1, 0.15) is 9.67 Å². The molecule has 2 heterocycles. The average Bonchev–Trinajstić information content (AvgIpc) is 3.12. The summed E-state index contributed by atoms with van der Waals surface area (Å²) in [5.74, 6) is -0.342. The van der Waals surface area contributed by atoms with E-state index >= 15 is 0 Å². The fraction of sp³-hybridized carbons (Fsp3) is 0.294. The molecule has 2 aromatic rings. The minimum Gasteiger partial charge on any atom is -0.378 e. The van der Waals surface area contributed by atoms with Crippen molar-refractivity contribution in [2.75, 3.05) is 38.3 Å². The van der Waals surface area contributed by atoms with E-state index in [-0.39, 0.29) is 5.91 Å². The molecule has 1 aliphatic heterocycles. The summed E-state index contributed by atoms with van der Waals surface area (Å²) < 4.78 is 5.43. The monoisotopic (exact) mass is 360 g/mol. The number of thiophene rings is 1. The van der Waals surface area contributed by atoms with E-state index in [1.165, 1.54) is 18.4 Å². The maximum Gasteiger partial charge on any atom is 0.333 e. The number of hydrogen-bond acceptors (Lipinski definition) is 5. The topological polar surface area (TPSA) is 82.7 Å². The summed E-state index contributed by atoms with van der Waals surface area (Å²) in [5.41, 5.74) is 6.78. The van der Waals surface area contributed by atoms with Gasteiger partial charge in [0.15, 0.2) is 0 Å². The van der Waals surface area contributed by atoms with E-state index in [4.69, 9.17) is 4.74 Å². The van der Waals surface area contributed by atoms with Gasteiger partial charge in [0.25, 0.3) is 5.91 Å². The molecule has 1 saturated heterocycles. The number of ether oxygens (including phenoxy) is 1. The smallest absolute Gasteiger partial charge is 0.333 e. The normalized spacial score (nSPS) is 14.0. The summed E-state index contributed by atoms with van der Waals surface area (Å²) >= 11 is 1.41. The second-order valence-corrected chi connectivity index (χ2v) is 6.48. The van der Waals surface area contributed by atoms with E-state index in [9.17, 15) is 9.59 Å². The Kier molecular flexibility index (Phi) is 5.52. The highest BCUT2D eigenvalue weighted by Crippen LogP contribution is 2.39. The van der Waals surface area contributed by atoms with E-state index in [1.807, 2.05) is 36.4 Å². The van der Waals surface area contributed by atoms with Crippen LogP contribution >= 0.6 is 11.3 Å². The SMILES string of the molecule is CNC(=O)NNC(=O)c1cc(-c2ccccc2)c(N2CCOCC2)s1. The lowest BCUT2D eigenvalue weighted by Gasteiger charge is -2.28. The second-order valence-electron chi connectivity index (χ2n) is 5.45. The van der Waals surface area contributed by atoms with Crippen LogP contribution in [0, 0.1) is 0 Å². The molecular formula is C17H20N4O3S. The van der Waals surface area contributed by atoms with Gasteiger partial charge in [-0.25, -0.2) is 10.2 Å². The molecule has 7 nitrogen and oxygen atoms in total. The Morgan fingerprint density at radius 1 is 1.12 bits per heavy atom. The number of benzene rings is 1. The molecule has 0 bridgehead atoms. The minimum atomic E-state index is -0.471. The van der Waals surface area contributed by atoms with Gasteiger partial charge in [-0.15, -0.1) is 11.3 Å². The maximum atomic E-state index is 12.4. The van der Waals surface area contributed by atoms with E-state index in [1.54, 1.807) is 0 Å². The van der Waals surface area contributed by atoms with Crippen LogP contribution < -0.4 is 21.1 Å². The number of hydrogen-bond donors (Lipinski definition) is 3. The van der Waals surface area contributed by atoms with Gasteiger partial charge in [0.2, 0.25) is 0 Å². The van der Waals surface area contributed by atoms with Gasteiger partial charge in [0, 0.05) is 25.7 Å². The number of amides is 3. The van der Waals surface area contributed by atoms with Gasteiger partial charge < -0.3 is 15.0 Å². The zero-order valence-corrected chi connectivity index (χ0v) is 14.7. The molecule has 0 atom stereocenters. The minimum absolute atomic E-state index is 0.342. The Labute approximate surface area is 149 Å². The van der Waals surface area contributed by atoms with Crippen LogP contribution in [-0.4, -0.2) is 45.3 Å². The van der Waals surface area contributed by atoms with E-state index in [0.29, 0.717) is 18.1 Å². The van der Waals surface area contributed by atoms with Gasteiger partial charge in [-0.05, 0) is 11.6 Å². The summed E-state index contributed by atoms with van der Waals surface area (Å²) in [6, 6.07) is 11.4.